The summed E-state index contributed by atoms with van der Waals surface area (Å²) in [6.07, 6.45) is 6.37. The van der Waals surface area contributed by atoms with E-state index in [1.807, 2.05) is 29.2 Å². The van der Waals surface area contributed by atoms with Crippen LogP contribution in [0.15, 0.2) is 48.5 Å². The van der Waals surface area contributed by atoms with Crippen LogP contribution in [0.2, 0.25) is 5.02 Å². The van der Waals surface area contributed by atoms with E-state index in [1.165, 1.54) is 43.2 Å². The van der Waals surface area contributed by atoms with Crippen LogP contribution in [-0.4, -0.2) is 48.5 Å². The maximum Gasteiger partial charge on any atom is 0.260 e. The fraction of sp³-hybridized carbons (Fsp3) is 0.480. The number of rotatable bonds is 6. The lowest BCUT2D eigenvalue weighted by Crippen LogP contribution is -2.49. The number of para-hydroxylation sites is 1. The standard InChI is InChI=1S/C25H31ClN2O2/c26-22-12-10-20(11-13-22)18-27-14-16-28(17-15-27)25(29)19-30-24-9-5-4-8-23(24)21-6-2-1-3-7-21/h4-5,8-13,21H,1-3,6-7,14-19H2. The molecule has 160 valence electrons. The highest BCUT2D eigenvalue weighted by atomic mass is 35.5. The first-order chi connectivity index (χ1) is 14.7. The summed E-state index contributed by atoms with van der Waals surface area (Å²) in [5.74, 6) is 1.54. The second-order valence-electron chi connectivity index (χ2n) is 8.44. The van der Waals surface area contributed by atoms with Crippen LogP contribution < -0.4 is 4.74 Å². The first-order valence-electron chi connectivity index (χ1n) is 11.2. The molecule has 2 aromatic carbocycles. The van der Waals surface area contributed by atoms with Gasteiger partial charge in [-0.1, -0.05) is 61.2 Å². The number of carbonyl (C=O) groups excluding carboxylic acids is 1. The van der Waals surface area contributed by atoms with Gasteiger partial charge in [-0.25, -0.2) is 0 Å². The van der Waals surface area contributed by atoms with Crippen LogP contribution in [0.5, 0.6) is 5.75 Å². The average molecular weight is 427 g/mol. The van der Waals surface area contributed by atoms with E-state index in [9.17, 15) is 4.79 Å². The van der Waals surface area contributed by atoms with E-state index in [2.05, 4.69) is 29.2 Å². The van der Waals surface area contributed by atoms with Gasteiger partial charge in [-0.15, -0.1) is 0 Å². The van der Waals surface area contributed by atoms with Crippen molar-refractivity contribution in [2.45, 2.75) is 44.6 Å². The van der Waals surface area contributed by atoms with E-state index >= 15 is 0 Å². The van der Waals surface area contributed by atoms with Gasteiger partial charge in [-0.2, -0.15) is 0 Å². The van der Waals surface area contributed by atoms with Crippen molar-refractivity contribution in [3.63, 3.8) is 0 Å². The molecule has 0 atom stereocenters. The molecule has 0 radical (unpaired) electrons. The molecule has 2 aliphatic rings. The van der Waals surface area contributed by atoms with Crippen molar-refractivity contribution in [2.75, 3.05) is 32.8 Å². The molecule has 0 aromatic heterocycles. The summed E-state index contributed by atoms with van der Waals surface area (Å²) < 4.78 is 6.02. The Kier molecular flexibility index (Phi) is 7.29. The SMILES string of the molecule is O=C(COc1ccccc1C1CCCCC1)N1CCN(Cc2ccc(Cl)cc2)CC1. The van der Waals surface area contributed by atoms with E-state index in [0.717, 1.165) is 43.5 Å². The molecule has 0 bridgehead atoms. The summed E-state index contributed by atoms with van der Waals surface area (Å²) in [7, 11) is 0. The molecule has 1 heterocycles. The third-order valence-electron chi connectivity index (χ3n) is 6.36. The molecule has 1 aliphatic heterocycles. The molecule has 0 spiro atoms. The van der Waals surface area contributed by atoms with Gasteiger partial charge in [-0.3, -0.25) is 9.69 Å². The lowest BCUT2D eigenvalue weighted by atomic mass is 9.84. The van der Waals surface area contributed by atoms with E-state index in [0.29, 0.717) is 5.92 Å². The molecule has 1 aliphatic carbocycles. The number of hydrogen-bond acceptors (Lipinski definition) is 3. The molecule has 0 unspecified atom stereocenters. The van der Waals surface area contributed by atoms with Gasteiger partial charge in [0.05, 0.1) is 0 Å². The minimum Gasteiger partial charge on any atom is -0.483 e. The molecule has 5 heteroatoms. The number of piperazine rings is 1. The Morgan fingerprint density at radius 3 is 2.37 bits per heavy atom. The Bertz CT molecular complexity index is 825. The highest BCUT2D eigenvalue weighted by Crippen LogP contribution is 2.37. The maximum absolute atomic E-state index is 12.7. The largest absolute Gasteiger partial charge is 0.483 e. The van der Waals surface area contributed by atoms with Crippen molar-refractivity contribution in [1.82, 2.24) is 9.80 Å². The molecule has 1 saturated heterocycles. The zero-order chi connectivity index (χ0) is 20.8. The maximum atomic E-state index is 12.7. The molecule has 4 rings (SSSR count). The quantitative estimate of drug-likeness (QED) is 0.643. The predicted octanol–water partition coefficient (Wildman–Crippen LogP) is 5.11. The number of nitrogens with zero attached hydrogens (tertiary/aromatic N) is 2. The van der Waals surface area contributed by atoms with Crippen LogP contribution in [0.25, 0.3) is 0 Å². The van der Waals surface area contributed by atoms with Gasteiger partial charge in [0, 0.05) is 37.7 Å². The number of halogens is 1. The predicted molar refractivity (Wildman–Crippen MR) is 121 cm³/mol. The Labute approximate surface area is 184 Å². The van der Waals surface area contributed by atoms with Gasteiger partial charge in [0.25, 0.3) is 5.91 Å². The van der Waals surface area contributed by atoms with Crippen LogP contribution >= 0.6 is 11.6 Å². The van der Waals surface area contributed by atoms with Crippen molar-refractivity contribution >= 4 is 17.5 Å². The third kappa shape index (κ3) is 5.55. The summed E-state index contributed by atoms with van der Waals surface area (Å²) in [5.41, 5.74) is 2.53. The molecule has 0 N–H and O–H groups in total. The smallest absolute Gasteiger partial charge is 0.260 e. The van der Waals surface area contributed by atoms with E-state index < -0.39 is 0 Å². The van der Waals surface area contributed by atoms with E-state index in [-0.39, 0.29) is 12.5 Å². The lowest BCUT2D eigenvalue weighted by molar-refractivity contribution is -0.135. The Balaban J connectivity index is 1.26. The fourth-order valence-electron chi connectivity index (χ4n) is 4.60. The molecular weight excluding hydrogens is 396 g/mol. The lowest BCUT2D eigenvalue weighted by Gasteiger charge is -2.34. The minimum atomic E-state index is 0.0830. The van der Waals surface area contributed by atoms with Crippen molar-refractivity contribution in [3.8, 4) is 5.75 Å². The molecule has 1 amide bonds. The van der Waals surface area contributed by atoms with Gasteiger partial charge in [0.15, 0.2) is 6.61 Å². The molecule has 30 heavy (non-hydrogen) atoms. The van der Waals surface area contributed by atoms with Crippen molar-refractivity contribution < 1.29 is 9.53 Å². The minimum absolute atomic E-state index is 0.0830. The van der Waals surface area contributed by atoms with Crippen LogP contribution in [0.1, 0.15) is 49.1 Å². The highest BCUT2D eigenvalue weighted by Gasteiger charge is 2.23. The van der Waals surface area contributed by atoms with Gasteiger partial charge in [0.1, 0.15) is 5.75 Å². The number of carbonyl (C=O) groups is 1. The summed E-state index contributed by atoms with van der Waals surface area (Å²) in [6, 6.07) is 16.3. The summed E-state index contributed by atoms with van der Waals surface area (Å²) in [6.45, 7) is 4.28. The van der Waals surface area contributed by atoms with Gasteiger partial charge < -0.3 is 9.64 Å². The summed E-state index contributed by atoms with van der Waals surface area (Å²) in [4.78, 5) is 17.0. The Morgan fingerprint density at radius 2 is 1.63 bits per heavy atom. The Hall–Kier alpha value is -2.04. The first-order valence-corrected chi connectivity index (χ1v) is 11.5. The van der Waals surface area contributed by atoms with E-state index in [4.69, 9.17) is 16.3 Å². The van der Waals surface area contributed by atoms with Crippen molar-refractivity contribution in [3.05, 3.63) is 64.7 Å². The van der Waals surface area contributed by atoms with E-state index in [1.54, 1.807) is 0 Å². The molecule has 4 nitrogen and oxygen atoms in total. The van der Waals surface area contributed by atoms with Crippen LogP contribution in [0.4, 0.5) is 0 Å². The topological polar surface area (TPSA) is 32.8 Å². The first kappa shape index (κ1) is 21.2. The number of ether oxygens (including phenoxy) is 1. The van der Waals surface area contributed by atoms with Crippen molar-refractivity contribution in [1.29, 1.82) is 0 Å². The molecular formula is C25H31ClN2O2. The normalized spacial score (nSPS) is 18.4. The monoisotopic (exact) mass is 426 g/mol. The molecule has 2 fully saturated rings. The number of benzene rings is 2. The number of hydrogen-bond donors (Lipinski definition) is 0. The second kappa shape index (κ2) is 10.3. The second-order valence-corrected chi connectivity index (χ2v) is 8.88. The van der Waals surface area contributed by atoms with Crippen LogP contribution in [0.3, 0.4) is 0 Å². The zero-order valence-electron chi connectivity index (χ0n) is 17.6. The summed E-state index contributed by atoms with van der Waals surface area (Å²) in [5, 5.41) is 0.763. The van der Waals surface area contributed by atoms with Crippen LogP contribution in [0, 0.1) is 0 Å². The summed E-state index contributed by atoms with van der Waals surface area (Å²) >= 11 is 5.97. The van der Waals surface area contributed by atoms with Gasteiger partial charge >= 0.3 is 0 Å². The fourth-order valence-corrected chi connectivity index (χ4v) is 4.72. The van der Waals surface area contributed by atoms with Gasteiger partial charge in [0.2, 0.25) is 0 Å². The van der Waals surface area contributed by atoms with Crippen molar-refractivity contribution in [2.24, 2.45) is 0 Å². The highest BCUT2D eigenvalue weighted by molar-refractivity contribution is 6.30. The Morgan fingerprint density at radius 1 is 0.933 bits per heavy atom. The average Bonchev–Trinajstić information content (AvgIpc) is 2.80. The van der Waals surface area contributed by atoms with Gasteiger partial charge in [-0.05, 0) is 48.1 Å². The van der Waals surface area contributed by atoms with Crippen LogP contribution in [-0.2, 0) is 11.3 Å². The molecule has 2 aromatic rings. The molecule has 1 saturated carbocycles. The zero-order valence-corrected chi connectivity index (χ0v) is 18.3. The number of amides is 1. The third-order valence-corrected chi connectivity index (χ3v) is 6.61.